The molecule has 1 nitrogen and oxygen atoms in total. The minimum absolute atomic E-state index is 0.251. The third kappa shape index (κ3) is 5.67. The van der Waals surface area contributed by atoms with Crippen molar-refractivity contribution in [1.82, 2.24) is 0 Å². The molecule has 0 spiro atoms. The fraction of sp³-hybridized carbons (Fsp3) is 0.778. The molecule has 0 aromatic rings. The Bertz CT molecular complexity index is 112. The highest BCUT2D eigenvalue weighted by molar-refractivity contribution is 14.1. The number of aliphatic hydroxyl groups excluding tert-OH is 1. The second-order valence-electron chi connectivity index (χ2n) is 2.93. The van der Waals surface area contributed by atoms with Gasteiger partial charge in [-0.15, -0.1) is 0 Å². The Morgan fingerprint density at radius 3 is 2.64 bits per heavy atom. The zero-order valence-electron chi connectivity index (χ0n) is 7.26. The van der Waals surface area contributed by atoms with Crippen LogP contribution in [-0.2, 0) is 0 Å². The molecular formula is C9H17IO. The van der Waals surface area contributed by atoms with Gasteiger partial charge in [0, 0.05) is 0 Å². The minimum Gasteiger partial charge on any atom is -0.389 e. The molecule has 0 rings (SSSR count). The summed E-state index contributed by atoms with van der Waals surface area (Å²) in [6.07, 6.45) is 5.15. The fourth-order valence-electron chi connectivity index (χ4n) is 0.961. The maximum absolute atomic E-state index is 9.45. The van der Waals surface area contributed by atoms with Gasteiger partial charge >= 0.3 is 0 Å². The quantitative estimate of drug-likeness (QED) is 0.759. The highest BCUT2D eigenvalue weighted by Crippen LogP contribution is 2.13. The molecule has 0 saturated carbocycles. The molecule has 0 amide bonds. The number of unbranched alkanes of at least 4 members (excludes halogenated alkanes) is 1. The van der Waals surface area contributed by atoms with E-state index in [4.69, 9.17) is 0 Å². The summed E-state index contributed by atoms with van der Waals surface area (Å²) in [6, 6.07) is 0. The van der Waals surface area contributed by atoms with E-state index in [-0.39, 0.29) is 6.10 Å². The summed E-state index contributed by atoms with van der Waals surface area (Å²) in [5.74, 6) is 0.404. The predicted molar refractivity (Wildman–Crippen MR) is 57.9 cm³/mol. The molecule has 0 heterocycles. The second-order valence-corrected chi connectivity index (χ2v) is 3.65. The average molecular weight is 268 g/mol. The molecule has 11 heavy (non-hydrogen) atoms. The Balaban J connectivity index is 3.54. The number of hydrogen-bond donors (Lipinski definition) is 1. The first-order valence-electron chi connectivity index (χ1n) is 4.17. The van der Waals surface area contributed by atoms with Crippen LogP contribution in [0.2, 0.25) is 0 Å². The molecule has 66 valence electrons. The van der Waals surface area contributed by atoms with Crippen molar-refractivity contribution in [2.24, 2.45) is 5.92 Å². The summed E-state index contributed by atoms with van der Waals surface area (Å²) in [6.45, 7) is 4.27. The van der Waals surface area contributed by atoms with Crippen LogP contribution in [0.5, 0.6) is 0 Å². The Morgan fingerprint density at radius 1 is 1.55 bits per heavy atom. The van der Waals surface area contributed by atoms with Crippen molar-refractivity contribution < 1.29 is 5.11 Å². The Kier molecular flexibility index (Phi) is 7.38. The van der Waals surface area contributed by atoms with E-state index in [0.29, 0.717) is 5.92 Å². The molecule has 0 aromatic carbocycles. The lowest BCUT2D eigenvalue weighted by atomic mass is 9.98. The third-order valence-electron chi connectivity index (χ3n) is 1.87. The molecule has 2 heteroatoms. The van der Waals surface area contributed by atoms with Crippen molar-refractivity contribution in [3.8, 4) is 0 Å². The van der Waals surface area contributed by atoms with Crippen LogP contribution in [0.3, 0.4) is 0 Å². The zero-order chi connectivity index (χ0) is 8.69. The van der Waals surface area contributed by atoms with E-state index in [0.717, 1.165) is 6.42 Å². The first-order valence-corrected chi connectivity index (χ1v) is 5.41. The van der Waals surface area contributed by atoms with E-state index in [2.05, 4.69) is 36.4 Å². The third-order valence-corrected chi connectivity index (χ3v) is 2.28. The van der Waals surface area contributed by atoms with E-state index in [1.807, 2.05) is 10.2 Å². The maximum Gasteiger partial charge on any atom is 0.0753 e. The van der Waals surface area contributed by atoms with Gasteiger partial charge in [0.05, 0.1) is 6.10 Å². The summed E-state index contributed by atoms with van der Waals surface area (Å²) in [5.41, 5.74) is 0. The lowest BCUT2D eigenvalue weighted by Gasteiger charge is -2.14. The first-order chi connectivity index (χ1) is 5.22. The second kappa shape index (κ2) is 7.10. The van der Waals surface area contributed by atoms with Crippen molar-refractivity contribution in [3.05, 3.63) is 10.2 Å². The van der Waals surface area contributed by atoms with Gasteiger partial charge in [0.1, 0.15) is 0 Å². The highest BCUT2D eigenvalue weighted by Gasteiger charge is 2.09. The molecule has 0 fully saturated rings. The van der Waals surface area contributed by atoms with Gasteiger partial charge in [-0.25, -0.2) is 0 Å². The van der Waals surface area contributed by atoms with Crippen LogP contribution in [-0.4, -0.2) is 11.2 Å². The van der Waals surface area contributed by atoms with E-state index >= 15 is 0 Å². The predicted octanol–water partition coefficient (Wildman–Crippen LogP) is 3.12. The molecule has 0 aliphatic rings. The van der Waals surface area contributed by atoms with Crippen LogP contribution in [0.15, 0.2) is 10.2 Å². The van der Waals surface area contributed by atoms with Gasteiger partial charge in [-0.1, -0.05) is 49.3 Å². The van der Waals surface area contributed by atoms with Crippen molar-refractivity contribution in [2.45, 2.75) is 39.2 Å². The summed E-state index contributed by atoms with van der Waals surface area (Å²) >= 11 is 2.13. The normalized spacial score (nSPS) is 17.1. The fourth-order valence-corrected chi connectivity index (χ4v) is 1.39. The first kappa shape index (κ1) is 11.4. The van der Waals surface area contributed by atoms with Crippen LogP contribution in [0.25, 0.3) is 0 Å². The van der Waals surface area contributed by atoms with Gasteiger partial charge in [-0.3, -0.25) is 0 Å². The van der Waals surface area contributed by atoms with Crippen molar-refractivity contribution >= 4 is 22.6 Å². The molecular weight excluding hydrogens is 251 g/mol. The number of hydrogen-bond acceptors (Lipinski definition) is 1. The van der Waals surface area contributed by atoms with Crippen molar-refractivity contribution in [3.63, 3.8) is 0 Å². The molecule has 0 bridgehead atoms. The van der Waals surface area contributed by atoms with Crippen molar-refractivity contribution in [1.29, 1.82) is 0 Å². The molecule has 0 aliphatic heterocycles. The highest BCUT2D eigenvalue weighted by atomic mass is 127. The smallest absolute Gasteiger partial charge is 0.0753 e. The van der Waals surface area contributed by atoms with Crippen LogP contribution in [0, 0.1) is 5.92 Å². The van der Waals surface area contributed by atoms with Crippen molar-refractivity contribution in [2.75, 3.05) is 0 Å². The SMILES string of the molecule is CCCCC(C)C(O)C=CI. The summed E-state index contributed by atoms with van der Waals surface area (Å²) in [5, 5.41) is 9.45. The van der Waals surface area contributed by atoms with Gasteiger partial charge in [0.15, 0.2) is 0 Å². The lowest BCUT2D eigenvalue weighted by Crippen LogP contribution is -2.14. The van der Waals surface area contributed by atoms with Gasteiger partial charge in [0.2, 0.25) is 0 Å². The van der Waals surface area contributed by atoms with Gasteiger partial charge in [-0.2, -0.15) is 0 Å². The van der Waals surface area contributed by atoms with E-state index in [9.17, 15) is 5.11 Å². The van der Waals surface area contributed by atoms with Gasteiger partial charge in [0.25, 0.3) is 0 Å². The molecule has 0 aliphatic carbocycles. The molecule has 0 saturated heterocycles. The average Bonchev–Trinajstić information content (AvgIpc) is 2.00. The summed E-state index contributed by atoms with van der Waals surface area (Å²) in [7, 11) is 0. The molecule has 1 N–H and O–H groups in total. The van der Waals surface area contributed by atoms with E-state index < -0.39 is 0 Å². The van der Waals surface area contributed by atoms with Gasteiger partial charge in [-0.05, 0) is 22.5 Å². The number of aliphatic hydroxyl groups is 1. The maximum atomic E-state index is 9.45. The molecule has 2 unspecified atom stereocenters. The standard InChI is InChI=1S/C9H17IO/c1-3-4-5-8(2)9(11)6-7-10/h6-9,11H,3-5H2,1-2H3. The van der Waals surface area contributed by atoms with Crippen LogP contribution >= 0.6 is 22.6 Å². The number of rotatable bonds is 5. The zero-order valence-corrected chi connectivity index (χ0v) is 9.41. The molecule has 0 radical (unpaired) electrons. The van der Waals surface area contributed by atoms with Crippen LogP contribution in [0.4, 0.5) is 0 Å². The lowest BCUT2D eigenvalue weighted by molar-refractivity contribution is 0.155. The van der Waals surface area contributed by atoms with E-state index in [1.54, 1.807) is 0 Å². The largest absolute Gasteiger partial charge is 0.389 e. The Labute approximate surface area is 83.0 Å². The molecule has 2 atom stereocenters. The summed E-state index contributed by atoms with van der Waals surface area (Å²) in [4.78, 5) is 0. The minimum atomic E-state index is -0.251. The van der Waals surface area contributed by atoms with E-state index in [1.165, 1.54) is 12.8 Å². The Morgan fingerprint density at radius 2 is 2.18 bits per heavy atom. The van der Waals surface area contributed by atoms with Crippen LogP contribution < -0.4 is 0 Å². The van der Waals surface area contributed by atoms with Crippen LogP contribution in [0.1, 0.15) is 33.1 Å². The topological polar surface area (TPSA) is 20.2 Å². The van der Waals surface area contributed by atoms with Gasteiger partial charge < -0.3 is 5.11 Å². The molecule has 0 aromatic heterocycles. The number of halogens is 1. The Hall–Kier alpha value is 0.430. The monoisotopic (exact) mass is 268 g/mol. The summed E-state index contributed by atoms with van der Waals surface area (Å²) < 4.78 is 1.88.